The van der Waals surface area contributed by atoms with Crippen LogP contribution in [0, 0.1) is 0 Å². The standard InChI is InChI=1S/C21H20N8O2/c22-21-24-17(15-5-3-9-30-15)18-20(25-21)29(28-27-18)19(16-4-1-2-8-31-16)12-6-7-14-13(10-12)11-23-26-14/h3,5-7,9-11,16,19H,1-2,4,8H2,(H,23,26)(H2,22,24,25). The smallest absolute Gasteiger partial charge is 0.222 e. The molecule has 1 aliphatic heterocycles. The van der Waals surface area contributed by atoms with Crippen LogP contribution >= 0.6 is 0 Å². The Morgan fingerprint density at radius 2 is 2.16 bits per heavy atom. The zero-order valence-corrected chi connectivity index (χ0v) is 16.6. The van der Waals surface area contributed by atoms with Gasteiger partial charge in [-0.1, -0.05) is 11.3 Å². The van der Waals surface area contributed by atoms with Crippen molar-refractivity contribution in [3.05, 3.63) is 48.4 Å². The lowest BCUT2D eigenvalue weighted by Gasteiger charge is -2.30. The number of nitrogens with two attached hydrogens (primary N) is 1. The average Bonchev–Trinajstić information content (AvgIpc) is 3.55. The van der Waals surface area contributed by atoms with Gasteiger partial charge in [0.1, 0.15) is 11.7 Å². The van der Waals surface area contributed by atoms with Crippen molar-refractivity contribution < 1.29 is 9.15 Å². The second kappa shape index (κ2) is 7.17. The lowest BCUT2D eigenvalue weighted by atomic mass is 9.95. The van der Waals surface area contributed by atoms with Gasteiger partial charge in [0.05, 0.1) is 24.1 Å². The number of benzene rings is 1. The predicted molar refractivity (Wildman–Crippen MR) is 113 cm³/mol. The minimum Gasteiger partial charge on any atom is -0.463 e. The maximum absolute atomic E-state index is 6.19. The van der Waals surface area contributed by atoms with Crippen LogP contribution in [0.15, 0.2) is 47.2 Å². The molecule has 1 fully saturated rings. The zero-order chi connectivity index (χ0) is 20.8. The molecule has 1 aromatic carbocycles. The summed E-state index contributed by atoms with van der Waals surface area (Å²) >= 11 is 0. The van der Waals surface area contributed by atoms with E-state index in [0.717, 1.165) is 42.3 Å². The Morgan fingerprint density at radius 1 is 1.19 bits per heavy atom. The molecule has 31 heavy (non-hydrogen) atoms. The van der Waals surface area contributed by atoms with E-state index in [-0.39, 0.29) is 18.1 Å². The predicted octanol–water partition coefficient (Wildman–Crippen LogP) is 3.10. The highest BCUT2D eigenvalue weighted by Gasteiger charge is 2.31. The van der Waals surface area contributed by atoms with Crippen molar-refractivity contribution in [3.8, 4) is 11.5 Å². The van der Waals surface area contributed by atoms with Gasteiger partial charge in [-0.25, -0.2) is 9.67 Å². The summed E-state index contributed by atoms with van der Waals surface area (Å²) in [5.74, 6) is 0.701. The summed E-state index contributed by atoms with van der Waals surface area (Å²) in [5.41, 5.74) is 9.68. The Bertz CT molecular complexity index is 1350. The van der Waals surface area contributed by atoms with E-state index in [0.29, 0.717) is 22.6 Å². The second-order valence-corrected chi connectivity index (χ2v) is 7.68. The van der Waals surface area contributed by atoms with Gasteiger partial charge in [-0.15, -0.1) is 5.10 Å². The molecule has 0 saturated carbocycles. The summed E-state index contributed by atoms with van der Waals surface area (Å²) in [6, 6.07) is 9.58. The van der Waals surface area contributed by atoms with Gasteiger partial charge >= 0.3 is 0 Å². The number of H-pyrrole nitrogens is 1. The van der Waals surface area contributed by atoms with Crippen LogP contribution in [0.25, 0.3) is 33.5 Å². The highest BCUT2D eigenvalue weighted by molar-refractivity contribution is 5.86. The van der Waals surface area contributed by atoms with E-state index < -0.39 is 0 Å². The number of rotatable bonds is 4. The molecule has 0 bridgehead atoms. The number of aromatic amines is 1. The first-order valence-electron chi connectivity index (χ1n) is 10.2. The molecule has 0 amide bonds. The van der Waals surface area contributed by atoms with Crippen LogP contribution in [0.4, 0.5) is 5.95 Å². The number of furan rings is 1. The number of aromatic nitrogens is 7. The van der Waals surface area contributed by atoms with E-state index in [2.05, 4.69) is 42.6 Å². The topological polar surface area (TPSA) is 134 Å². The molecule has 0 radical (unpaired) electrons. The summed E-state index contributed by atoms with van der Waals surface area (Å²) in [6.45, 7) is 0.719. The molecule has 1 saturated heterocycles. The van der Waals surface area contributed by atoms with Gasteiger partial charge in [0.2, 0.25) is 5.95 Å². The molecule has 2 unspecified atom stereocenters. The molecule has 2 atom stereocenters. The molecule has 10 nitrogen and oxygen atoms in total. The molecular weight excluding hydrogens is 396 g/mol. The summed E-state index contributed by atoms with van der Waals surface area (Å²) < 4.78 is 13.5. The Morgan fingerprint density at radius 3 is 3.00 bits per heavy atom. The summed E-state index contributed by atoms with van der Waals surface area (Å²) in [6.07, 6.45) is 6.40. The lowest BCUT2D eigenvalue weighted by Crippen LogP contribution is -2.32. The number of hydrogen-bond donors (Lipinski definition) is 2. The molecule has 10 heteroatoms. The van der Waals surface area contributed by atoms with Gasteiger partial charge < -0.3 is 14.9 Å². The monoisotopic (exact) mass is 416 g/mol. The zero-order valence-electron chi connectivity index (χ0n) is 16.6. The van der Waals surface area contributed by atoms with E-state index in [1.807, 2.05) is 18.3 Å². The molecule has 3 N–H and O–H groups in total. The number of nitrogen functional groups attached to an aromatic ring is 1. The van der Waals surface area contributed by atoms with E-state index >= 15 is 0 Å². The minimum atomic E-state index is -0.219. The van der Waals surface area contributed by atoms with Crippen molar-refractivity contribution in [2.45, 2.75) is 31.4 Å². The van der Waals surface area contributed by atoms with Gasteiger partial charge in [-0.05, 0) is 49.1 Å². The summed E-state index contributed by atoms with van der Waals surface area (Å²) in [4.78, 5) is 8.84. The summed E-state index contributed by atoms with van der Waals surface area (Å²) in [7, 11) is 0. The third-order valence-corrected chi connectivity index (χ3v) is 5.73. The molecule has 0 spiro atoms. The molecule has 156 valence electrons. The Kier molecular flexibility index (Phi) is 4.17. The molecule has 6 rings (SSSR count). The number of nitrogens with zero attached hydrogens (tertiary/aromatic N) is 6. The third kappa shape index (κ3) is 3.03. The highest BCUT2D eigenvalue weighted by atomic mass is 16.5. The normalized spacial score (nSPS) is 18.0. The largest absolute Gasteiger partial charge is 0.463 e. The van der Waals surface area contributed by atoms with Crippen LogP contribution in [0.2, 0.25) is 0 Å². The Hall–Kier alpha value is -3.79. The summed E-state index contributed by atoms with van der Waals surface area (Å²) in [5, 5.41) is 17.1. The van der Waals surface area contributed by atoms with Crippen molar-refractivity contribution in [2.24, 2.45) is 0 Å². The van der Waals surface area contributed by atoms with E-state index in [1.54, 1.807) is 17.0 Å². The Balaban J connectivity index is 1.55. The van der Waals surface area contributed by atoms with Crippen molar-refractivity contribution in [2.75, 3.05) is 12.3 Å². The van der Waals surface area contributed by atoms with Crippen molar-refractivity contribution >= 4 is 28.0 Å². The molecule has 5 aromatic rings. The van der Waals surface area contributed by atoms with Gasteiger partial charge in [-0.2, -0.15) is 10.1 Å². The van der Waals surface area contributed by atoms with Crippen LogP contribution < -0.4 is 5.73 Å². The molecule has 5 heterocycles. The van der Waals surface area contributed by atoms with Gasteiger partial charge in [-0.3, -0.25) is 5.10 Å². The lowest BCUT2D eigenvalue weighted by molar-refractivity contribution is -0.00921. The number of anilines is 1. The third-order valence-electron chi connectivity index (χ3n) is 5.73. The minimum absolute atomic E-state index is 0.0637. The van der Waals surface area contributed by atoms with E-state index in [1.165, 1.54) is 0 Å². The molecular formula is C21H20N8O2. The maximum Gasteiger partial charge on any atom is 0.222 e. The first-order chi connectivity index (χ1) is 15.3. The fourth-order valence-corrected chi connectivity index (χ4v) is 4.29. The SMILES string of the molecule is Nc1nc(-c2ccco2)c2nnn(C(c3ccc4[nH]ncc4c3)C3CCCCO3)c2n1. The molecule has 4 aromatic heterocycles. The second-order valence-electron chi connectivity index (χ2n) is 7.68. The molecule has 0 aliphatic carbocycles. The van der Waals surface area contributed by atoms with Crippen molar-refractivity contribution in [3.63, 3.8) is 0 Å². The van der Waals surface area contributed by atoms with Gasteiger partial charge in [0.25, 0.3) is 0 Å². The van der Waals surface area contributed by atoms with Crippen LogP contribution in [-0.2, 0) is 4.74 Å². The fraction of sp³-hybridized carbons (Fsp3) is 0.286. The first-order valence-corrected chi connectivity index (χ1v) is 10.2. The van der Waals surface area contributed by atoms with Crippen LogP contribution in [0.3, 0.4) is 0 Å². The maximum atomic E-state index is 6.19. The highest BCUT2D eigenvalue weighted by Crippen LogP contribution is 2.34. The van der Waals surface area contributed by atoms with E-state index in [9.17, 15) is 0 Å². The number of nitrogens with one attached hydrogen (secondary N) is 1. The Labute approximate surface area is 176 Å². The first kappa shape index (κ1) is 18.0. The van der Waals surface area contributed by atoms with Gasteiger partial charge in [0, 0.05) is 12.0 Å². The number of hydrogen-bond acceptors (Lipinski definition) is 8. The average molecular weight is 416 g/mol. The quantitative estimate of drug-likeness (QED) is 0.456. The van der Waals surface area contributed by atoms with Gasteiger partial charge in [0.15, 0.2) is 16.9 Å². The van der Waals surface area contributed by atoms with E-state index in [4.69, 9.17) is 14.9 Å². The fourth-order valence-electron chi connectivity index (χ4n) is 4.29. The van der Waals surface area contributed by atoms with Crippen molar-refractivity contribution in [1.82, 2.24) is 35.2 Å². The molecule has 1 aliphatic rings. The van der Waals surface area contributed by atoms with Crippen LogP contribution in [0.5, 0.6) is 0 Å². The number of ether oxygens (including phenoxy) is 1. The number of fused-ring (bicyclic) bond motifs is 2. The van der Waals surface area contributed by atoms with Crippen LogP contribution in [-0.4, -0.2) is 47.9 Å². The van der Waals surface area contributed by atoms with Crippen LogP contribution in [0.1, 0.15) is 30.9 Å². The van der Waals surface area contributed by atoms with Crippen molar-refractivity contribution in [1.29, 1.82) is 0 Å².